The van der Waals surface area contributed by atoms with E-state index in [2.05, 4.69) is 6.58 Å². The third-order valence-electron chi connectivity index (χ3n) is 2.98. The van der Waals surface area contributed by atoms with Crippen molar-refractivity contribution in [3.05, 3.63) is 35.2 Å². The quantitative estimate of drug-likeness (QED) is 0.880. The van der Waals surface area contributed by atoms with Crippen LogP contribution in [0.3, 0.4) is 0 Å². The van der Waals surface area contributed by atoms with Crippen molar-refractivity contribution < 1.29 is 9.53 Å². The van der Waals surface area contributed by atoms with Gasteiger partial charge in [0, 0.05) is 18.3 Å². The molecule has 0 radical (unpaired) electrons. The maximum Gasteiger partial charge on any atom is 0.266 e. The van der Waals surface area contributed by atoms with Gasteiger partial charge in [-0.2, -0.15) is 0 Å². The Morgan fingerprint density at radius 2 is 2.20 bits per heavy atom. The van der Waals surface area contributed by atoms with Crippen LogP contribution in [0.25, 0.3) is 10.1 Å². The number of carbonyl (C=O) groups excluding carboxylic acids is 1. The minimum Gasteiger partial charge on any atom is -0.496 e. The third-order valence-corrected chi connectivity index (χ3v) is 4.14. The van der Waals surface area contributed by atoms with Gasteiger partial charge in [0.05, 0.1) is 18.2 Å². The van der Waals surface area contributed by atoms with E-state index in [9.17, 15) is 4.79 Å². The van der Waals surface area contributed by atoms with Crippen LogP contribution in [0.4, 0.5) is 5.69 Å². The summed E-state index contributed by atoms with van der Waals surface area (Å²) in [5, 5.41) is 0.812. The number of thiophene rings is 1. The van der Waals surface area contributed by atoms with Gasteiger partial charge in [0.2, 0.25) is 0 Å². The van der Waals surface area contributed by atoms with Gasteiger partial charge in [0.1, 0.15) is 10.6 Å². The number of fused-ring (bicyclic) bond motifs is 1. The van der Waals surface area contributed by atoms with E-state index in [0.29, 0.717) is 22.9 Å². The van der Waals surface area contributed by atoms with Crippen LogP contribution in [-0.2, 0) is 0 Å². The van der Waals surface area contributed by atoms with Crippen LogP contribution in [-0.4, -0.2) is 31.5 Å². The molecule has 20 heavy (non-hydrogen) atoms. The molecule has 2 rings (SSSR count). The number of carbonyl (C=O) groups is 1. The summed E-state index contributed by atoms with van der Waals surface area (Å²) < 4.78 is 6.27. The number of ether oxygens (including phenoxy) is 1. The molecule has 0 atom stereocenters. The molecule has 0 unspecified atom stereocenters. The Morgan fingerprint density at radius 3 is 2.80 bits per heavy atom. The molecule has 106 valence electrons. The molecule has 5 heteroatoms. The normalized spacial score (nSPS) is 10.6. The Kier molecular flexibility index (Phi) is 3.99. The number of anilines is 1. The fourth-order valence-corrected chi connectivity index (χ4v) is 3.25. The number of amides is 1. The van der Waals surface area contributed by atoms with Crippen molar-refractivity contribution in [2.45, 2.75) is 6.92 Å². The smallest absolute Gasteiger partial charge is 0.266 e. The van der Waals surface area contributed by atoms with Crippen molar-refractivity contribution in [3.8, 4) is 5.75 Å². The number of hydrogen-bond acceptors (Lipinski definition) is 4. The topological polar surface area (TPSA) is 55.6 Å². The summed E-state index contributed by atoms with van der Waals surface area (Å²) in [5.41, 5.74) is 7.56. The van der Waals surface area contributed by atoms with Gasteiger partial charge in [-0.3, -0.25) is 4.79 Å². The molecular weight excluding hydrogens is 272 g/mol. The van der Waals surface area contributed by atoms with E-state index in [0.717, 1.165) is 15.7 Å². The maximum atomic E-state index is 12.4. The molecular formula is C15H18N2O2S. The Morgan fingerprint density at radius 1 is 1.50 bits per heavy atom. The highest BCUT2D eigenvalue weighted by Crippen LogP contribution is 2.39. The number of likely N-dealkylation sites (N-methyl/N-ethyl adjacent to an activating group) is 1. The summed E-state index contributed by atoms with van der Waals surface area (Å²) in [5.74, 6) is 0.603. The zero-order chi connectivity index (χ0) is 14.9. The number of benzene rings is 1. The average Bonchev–Trinajstić information content (AvgIpc) is 2.74. The summed E-state index contributed by atoms with van der Waals surface area (Å²) in [6.07, 6.45) is 0. The summed E-state index contributed by atoms with van der Waals surface area (Å²) >= 11 is 1.39. The average molecular weight is 290 g/mol. The van der Waals surface area contributed by atoms with E-state index >= 15 is 0 Å². The van der Waals surface area contributed by atoms with Gasteiger partial charge in [-0.1, -0.05) is 18.2 Å². The van der Waals surface area contributed by atoms with Gasteiger partial charge in [-0.25, -0.2) is 0 Å². The molecule has 0 saturated carbocycles. The van der Waals surface area contributed by atoms with Crippen molar-refractivity contribution in [2.75, 3.05) is 26.4 Å². The van der Waals surface area contributed by atoms with Crippen LogP contribution in [0.15, 0.2) is 30.4 Å². The van der Waals surface area contributed by atoms with E-state index in [4.69, 9.17) is 10.5 Å². The predicted molar refractivity (Wildman–Crippen MR) is 84.6 cm³/mol. The van der Waals surface area contributed by atoms with Crippen LogP contribution in [0, 0.1) is 0 Å². The van der Waals surface area contributed by atoms with Crippen molar-refractivity contribution in [1.29, 1.82) is 0 Å². The number of methoxy groups -OCH3 is 1. The number of hydrogen-bond donors (Lipinski definition) is 1. The molecule has 0 fully saturated rings. The maximum absolute atomic E-state index is 12.4. The second-order valence-electron chi connectivity index (χ2n) is 4.80. The van der Waals surface area contributed by atoms with Gasteiger partial charge in [-0.15, -0.1) is 11.3 Å². The van der Waals surface area contributed by atoms with Crippen LogP contribution in [0.2, 0.25) is 0 Å². The van der Waals surface area contributed by atoms with Crippen LogP contribution in [0.5, 0.6) is 5.75 Å². The van der Waals surface area contributed by atoms with Crippen molar-refractivity contribution in [1.82, 2.24) is 4.90 Å². The third kappa shape index (κ3) is 2.49. The second-order valence-corrected chi connectivity index (χ2v) is 5.85. The molecule has 1 aromatic heterocycles. The van der Waals surface area contributed by atoms with Gasteiger partial charge < -0.3 is 15.4 Å². The minimum absolute atomic E-state index is 0.0891. The Labute approximate surface area is 122 Å². The molecule has 0 aliphatic carbocycles. The fourth-order valence-electron chi connectivity index (χ4n) is 2.12. The van der Waals surface area contributed by atoms with E-state index in [1.807, 2.05) is 25.1 Å². The lowest BCUT2D eigenvalue weighted by atomic mass is 10.2. The number of nitrogen functional groups attached to an aromatic ring is 1. The van der Waals surface area contributed by atoms with Gasteiger partial charge in [-0.05, 0) is 19.1 Å². The van der Waals surface area contributed by atoms with Crippen LogP contribution in [0.1, 0.15) is 16.6 Å². The lowest BCUT2D eigenvalue weighted by molar-refractivity contribution is 0.0812. The summed E-state index contributed by atoms with van der Waals surface area (Å²) in [6.45, 7) is 6.23. The molecule has 0 bridgehead atoms. The largest absolute Gasteiger partial charge is 0.496 e. The van der Waals surface area contributed by atoms with Crippen LogP contribution < -0.4 is 10.5 Å². The summed E-state index contributed by atoms with van der Waals surface area (Å²) in [7, 11) is 3.35. The Hall–Kier alpha value is -2.01. The highest BCUT2D eigenvalue weighted by Gasteiger charge is 2.21. The molecule has 1 aromatic carbocycles. The predicted octanol–water partition coefficient (Wildman–Crippen LogP) is 3.14. The standard InChI is InChI=1S/C15H18N2O2S/c1-9(2)8-17(3)15(18)14-13(16)12-10(19-4)6-5-7-11(12)20-14/h5-7H,1,8,16H2,2-4H3. The van der Waals surface area contributed by atoms with E-state index < -0.39 is 0 Å². The van der Waals surface area contributed by atoms with E-state index in [-0.39, 0.29) is 5.91 Å². The highest BCUT2D eigenvalue weighted by atomic mass is 32.1. The van der Waals surface area contributed by atoms with E-state index in [1.54, 1.807) is 19.1 Å². The fraction of sp³-hybridized carbons (Fsp3) is 0.267. The minimum atomic E-state index is -0.0891. The Bertz CT molecular complexity index is 676. The number of nitrogens with zero attached hydrogens (tertiary/aromatic N) is 1. The zero-order valence-corrected chi connectivity index (χ0v) is 12.7. The van der Waals surface area contributed by atoms with Gasteiger partial charge in [0.25, 0.3) is 5.91 Å². The number of nitrogens with two attached hydrogens (primary N) is 1. The van der Waals surface area contributed by atoms with E-state index in [1.165, 1.54) is 11.3 Å². The molecule has 1 amide bonds. The molecule has 2 N–H and O–H groups in total. The second kappa shape index (κ2) is 5.54. The molecule has 0 aliphatic heterocycles. The van der Waals surface area contributed by atoms with Crippen LogP contribution >= 0.6 is 11.3 Å². The van der Waals surface area contributed by atoms with Crippen molar-refractivity contribution in [3.63, 3.8) is 0 Å². The lowest BCUT2D eigenvalue weighted by Crippen LogP contribution is -2.27. The number of rotatable bonds is 4. The molecule has 2 aromatic rings. The summed E-state index contributed by atoms with van der Waals surface area (Å²) in [4.78, 5) is 14.6. The Balaban J connectivity index is 2.48. The molecule has 0 spiro atoms. The molecule has 0 aliphatic rings. The summed E-state index contributed by atoms with van der Waals surface area (Å²) in [6, 6.07) is 5.68. The SMILES string of the molecule is C=C(C)CN(C)C(=O)c1sc2cccc(OC)c2c1N. The first-order valence-corrected chi connectivity index (χ1v) is 7.02. The van der Waals surface area contributed by atoms with Crippen molar-refractivity contribution >= 4 is 33.0 Å². The monoisotopic (exact) mass is 290 g/mol. The molecule has 4 nitrogen and oxygen atoms in total. The first-order chi connectivity index (χ1) is 9.45. The molecule has 1 heterocycles. The van der Waals surface area contributed by atoms with Gasteiger partial charge >= 0.3 is 0 Å². The lowest BCUT2D eigenvalue weighted by Gasteiger charge is -2.16. The molecule has 0 saturated heterocycles. The first-order valence-electron chi connectivity index (χ1n) is 6.20. The highest BCUT2D eigenvalue weighted by molar-refractivity contribution is 7.21. The van der Waals surface area contributed by atoms with Crippen molar-refractivity contribution in [2.24, 2.45) is 0 Å². The first kappa shape index (κ1) is 14.4. The zero-order valence-electron chi connectivity index (χ0n) is 11.9. The van der Waals surface area contributed by atoms with Gasteiger partial charge in [0.15, 0.2) is 0 Å².